The fourth-order valence-electron chi connectivity index (χ4n) is 4.44. The van der Waals surface area contributed by atoms with E-state index in [-0.39, 0.29) is 45.7 Å². The van der Waals surface area contributed by atoms with E-state index in [0.717, 1.165) is 12.1 Å². The van der Waals surface area contributed by atoms with Gasteiger partial charge in [-0.3, -0.25) is 9.59 Å². The van der Waals surface area contributed by atoms with Crippen molar-refractivity contribution in [3.63, 3.8) is 0 Å². The number of aryl methyl sites for hydroxylation is 1. The summed E-state index contributed by atoms with van der Waals surface area (Å²) in [6, 6.07) is 2.53. The van der Waals surface area contributed by atoms with Crippen LogP contribution in [0.15, 0.2) is 23.0 Å². The van der Waals surface area contributed by atoms with E-state index in [1.54, 1.807) is 6.92 Å². The van der Waals surface area contributed by atoms with E-state index in [1.807, 2.05) is 4.90 Å². The van der Waals surface area contributed by atoms with Gasteiger partial charge in [0.2, 0.25) is 11.3 Å². The molecule has 3 heterocycles. The molecule has 2 N–H and O–H groups in total. The average Bonchev–Trinajstić information content (AvgIpc) is 2.86. The van der Waals surface area contributed by atoms with Gasteiger partial charge in [0.1, 0.15) is 17.9 Å². The third-order valence-electron chi connectivity index (χ3n) is 6.22. The van der Waals surface area contributed by atoms with Crippen LogP contribution in [0.25, 0.3) is 11.2 Å². The van der Waals surface area contributed by atoms with Gasteiger partial charge in [-0.15, -0.1) is 12.4 Å². The number of piperazine rings is 1. The van der Waals surface area contributed by atoms with Crippen molar-refractivity contribution in [2.45, 2.75) is 39.4 Å². The van der Waals surface area contributed by atoms with Crippen molar-refractivity contribution in [2.75, 3.05) is 36.4 Å². The summed E-state index contributed by atoms with van der Waals surface area (Å²) >= 11 is 5.98. The van der Waals surface area contributed by atoms with Gasteiger partial charge in [0, 0.05) is 31.9 Å². The van der Waals surface area contributed by atoms with Crippen LogP contribution in [-0.4, -0.2) is 46.6 Å². The lowest BCUT2D eigenvalue weighted by atomic mass is 10.1. The molecule has 0 saturated carbocycles. The Morgan fingerprint density at radius 3 is 2.44 bits per heavy atom. The van der Waals surface area contributed by atoms with E-state index in [0.29, 0.717) is 44.4 Å². The lowest BCUT2D eigenvalue weighted by Gasteiger charge is -2.32. The first kappa shape index (κ1) is 30.5. The second-order valence-electron chi connectivity index (χ2n) is 8.71. The third-order valence-corrected chi connectivity index (χ3v) is 6.53. The second-order valence-corrected chi connectivity index (χ2v) is 9.12. The molecule has 212 valence electrons. The van der Waals surface area contributed by atoms with Crippen molar-refractivity contribution in [1.82, 2.24) is 19.9 Å². The summed E-state index contributed by atoms with van der Waals surface area (Å²) in [5, 5.41) is 5.35. The van der Waals surface area contributed by atoms with Gasteiger partial charge >= 0.3 is 6.18 Å². The number of pyridine rings is 1. The van der Waals surface area contributed by atoms with Gasteiger partial charge in [-0.25, -0.2) is 18.7 Å². The maximum absolute atomic E-state index is 13.6. The smallest absolute Gasteiger partial charge is 0.364 e. The number of aromatic nitrogens is 3. The van der Waals surface area contributed by atoms with Gasteiger partial charge in [0.25, 0.3) is 6.43 Å². The number of nitrogens with one attached hydrogen (secondary N) is 2. The molecular formula is C24H25Cl2F5N6O2. The Bertz CT molecular complexity index is 1440. The molecule has 0 atom stereocenters. The lowest BCUT2D eigenvalue weighted by molar-refractivity contribution is -0.137. The minimum Gasteiger partial charge on any atom is -0.364 e. The van der Waals surface area contributed by atoms with Crippen LogP contribution in [0.5, 0.6) is 0 Å². The second kappa shape index (κ2) is 12.0. The molecule has 2 aromatic heterocycles. The zero-order valence-electron chi connectivity index (χ0n) is 20.8. The monoisotopic (exact) mass is 594 g/mol. The summed E-state index contributed by atoms with van der Waals surface area (Å²) in [5.74, 6) is -0.671. The van der Waals surface area contributed by atoms with Crippen LogP contribution in [0.4, 0.5) is 33.3 Å². The molecule has 39 heavy (non-hydrogen) atoms. The first-order valence-electron chi connectivity index (χ1n) is 11.8. The van der Waals surface area contributed by atoms with Crippen LogP contribution in [0.1, 0.15) is 36.0 Å². The van der Waals surface area contributed by atoms with Crippen LogP contribution in [-0.2, 0) is 23.9 Å². The number of carbonyl (C=O) groups excluding carboxylic acids is 1. The van der Waals surface area contributed by atoms with Crippen LogP contribution >= 0.6 is 24.0 Å². The van der Waals surface area contributed by atoms with E-state index < -0.39 is 41.7 Å². The molecule has 0 aliphatic carbocycles. The van der Waals surface area contributed by atoms with E-state index in [1.165, 1.54) is 11.5 Å². The quantitative estimate of drug-likeness (QED) is 0.400. The molecule has 1 amide bonds. The topological polar surface area (TPSA) is 92.2 Å². The maximum Gasteiger partial charge on any atom is 0.416 e. The highest BCUT2D eigenvalue weighted by molar-refractivity contribution is 6.33. The molecule has 0 bridgehead atoms. The number of hydrogen-bond acceptors (Lipinski definition) is 6. The van der Waals surface area contributed by atoms with Gasteiger partial charge in [-0.1, -0.05) is 18.5 Å². The summed E-state index contributed by atoms with van der Waals surface area (Å²) in [7, 11) is 0. The Balaban J connectivity index is 0.00000420. The molecule has 0 unspecified atom stereocenters. The Morgan fingerprint density at radius 2 is 1.87 bits per heavy atom. The molecule has 1 aromatic carbocycles. The molecule has 0 radical (unpaired) electrons. The third kappa shape index (κ3) is 6.25. The minimum absolute atomic E-state index is 0. The highest BCUT2D eigenvalue weighted by atomic mass is 35.5. The van der Waals surface area contributed by atoms with E-state index in [4.69, 9.17) is 11.6 Å². The first-order valence-corrected chi connectivity index (χ1v) is 12.1. The van der Waals surface area contributed by atoms with Crippen molar-refractivity contribution in [3.8, 4) is 0 Å². The summed E-state index contributed by atoms with van der Waals surface area (Å²) in [4.78, 5) is 36.6. The average molecular weight is 595 g/mol. The molecule has 1 saturated heterocycles. The summed E-state index contributed by atoms with van der Waals surface area (Å²) in [6.07, 6.45) is -7.26. The van der Waals surface area contributed by atoms with Crippen LogP contribution in [0.3, 0.4) is 0 Å². The number of amides is 1. The molecule has 4 rings (SSSR count). The zero-order chi connectivity index (χ0) is 27.8. The van der Waals surface area contributed by atoms with E-state index >= 15 is 0 Å². The normalized spacial score (nSPS) is 14.0. The molecular weight excluding hydrogens is 570 g/mol. The van der Waals surface area contributed by atoms with Crippen LogP contribution in [0, 0.1) is 6.92 Å². The minimum atomic E-state index is -4.61. The van der Waals surface area contributed by atoms with Gasteiger partial charge in [0.15, 0.2) is 11.2 Å². The number of hydrogen-bond donors (Lipinski definition) is 2. The molecule has 3 aromatic rings. The van der Waals surface area contributed by atoms with Crippen molar-refractivity contribution in [3.05, 3.63) is 56.1 Å². The van der Waals surface area contributed by atoms with Gasteiger partial charge < -0.3 is 20.1 Å². The van der Waals surface area contributed by atoms with Gasteiger partial charge in [-0.05, 0) is 31.5 Å². The van der Waals surface area contributed by atoms with E-state index in [2.05, 4.69) is 20.6 Å². The summed E-state index contributed by atoms with van der Waals surface area (Å²) < 4.78 is 67.6. The lowest BCUT2D eigenvalue weighted by Crippen LogP contribution is -2.46. The molecule has 15 heteroatoms. The zero-order valence-corrected chi connectivity index (χ0v) is 22.4. The van der Waals surface area contributed by atoms with Crippen LogP contribution < -0.4 is 21.0 Å². The Hall–Kier alpha value is -3.03. The number of nitrogens with zero attached hydrogens (tertiary/aromatic N) is 4. The number of alkyl halides is 5. The highest BCUT2D eigenvalue weighted by Gasteiger charge is 2.31. The number of carbonyl (C=O) groups is 1. The fourth-order valence-corrected chi connectivity index (χ4v) is 4.66. The number of fused-ring (bicyclic) bond motifs is 1. The Morgan fingerprint density at radius 1 is 1.21 bits per heavy atom. The largest absolute Gasteiger partial charge is 0.416 e. The number of anilines is 2. The highest BCUT2D eigenvalue weighted by Crippen LogP contribution is 2.34. The van der Waals surface area contributed by atoms with Crippen molar-refractivity contribution >= 4 is 52.5 Å². The van der Waals surface area contributed by atoms with Gasteiger partial charge in [0.05, 0.1) is 22.0 Å². The molecule has 0 spiro atoms. The molecule has 8 nitrogen and oxygen atoms in total. The van der Waals surface area contributed by atoms with E-state index in [9.17, 15) is 31.5 Å². The van der Waals surface area contributed by atoms with Crippen molar-refractivity contribution in [2.24, 2.45) is 0 Å². The number of rotatable bonds is 6. The summed E-state index contributed by atoms with van der Waals surface area (Å²) in [5.41, 5.74) is -1.92. The molecule has 1 aliphatic rings. The Kier molecular flexibility index (Phi) is 9.39. The Labute approximate surface area is 231 Å². The fraction of sp³-hybridized carbons (Fsp3) is 0.417. The predicted molar refractivity (Wildman–Crippen MR) is 140 cm³/mol. The molecule has 1 aliphatic heterocycles. The molecule has 1 fully saturated rings. The number of benzene rings is 1. The van der Waals surface area contributed by atoms with Crippen molar-refractivity contribution in [1.29, 1.82) is 0 Å². The first-order chi connectivity index (χ1) is 17.9. The number of halogens is 7. The SMILES string of the molecule is CCc1c(N2CCNCC2)c(=O)c2nc(C(F)F)c(C)nc2n1CC(=O)Nc1ccc(C(F)(F)F)cc1Cl.Cl. The van der Waals surface area contributed by atoms with Crippen LogP contribution in [0.2, 0.25) is 5.02 Å². The van der Waals surface area contributed by atoms with Crippen molar-refractivity contribution < 1.29 is 26.7 Å². The predicted octanol–water partition coefficient (Wildman–Crippen LogP) is 4.74. The van der Waals surface area contributed by atoms with Gasteiger partial charge in [-0.2, -0.15) is 13.2 Å². The maximum atomic E-state index is 13.6. The summed E-state index contributed by atoms with van der Waals surface area (Å²) in [6.45, 7) is 4.83. The standard InChI is InChI=1S/C24H24ClF5N6O2.ClH/c1-3-16-20(35-8-6-31-7-9-35)21(38)19-23(32-12(2)18(34-19)22(26)27)36(16)11-17(37)33-15-5-4-13(10-14(15)25)24(28,29)30;/h4-5,10,22,31H,3,6-9,11H2,1-2H3,(H,33,37);1H.